The van der Waals surface area contributed by atoms with Crippen LogP contribution in [0.5, 0.6) is 0 Å². The number of guanidine groups is 1. The van der Waals surface area contributed by atoms with Gasteiger partial charge in [0.25, 0.3) is 5.91 Å². The summed E-state index contributed by atoms with van der Waals surface area (Å²) in [5.74, 6) is 0.803. The Morgan fingerprint density at radius 1 is 1.23 bits per heavy atom. The van der Waals surface area contributed by atoms with Crippen LogP contribution in [0.1, 0.15) is 75.2 Å². The second kappa shape index (κ2) is 12.6. The van der Waals surface area contributed by atoms with Gasteiger partial charge >= 0.3 is 0 Å². The number of rotatable bonds is 11. The van der Waals surface area contributed by atoms with Crippen molar-refractivity contribution in [3.63, 3.8) is 0 Å². The molecule has 0 saturated heterocycles. The van der Waals surface area contributed by atoms with Crippen LogP contribution in [0.15, 0.2) is 29.3 Å². The number of hydrogen-bond donors (Lipinski definition) is 3. The summed E-state index contributed by atoms with van der Waals surface area (Å²) in [4.78, 5) is 17.2. The summed E-state index contributed by atoms with van der Waals surface area (Å²) in [5, 5.41) is 9.93. The summed E-state index contributed by atoms with van der Waals surface area (Å²) in [5.41, 5.74) is 2.02. The molecule has 168 valence electrons. The molecule has 0 spiro atoms. The first kappa shape index (κ1) is 24.2. The van der Waals surface area contributed by atoms with E-state index < -0.39 is 0 Å². The molecule has 1 saturated carbocycles. The van der Waals surface area contributed by atoms with Crippen molar-refractivity contribution in [1.29, 1.82) is 0 Å². The van der Waals surface area contributed by atoms with E-state index in [-0.39, 0.29) is 11.9 Å². The van der Waals surface area contributed by atoms with Crippen LogP contribution in [0.2, 0.25) is 0 Å². The van der Waals surface area contributed by atoms with Gasteiger partial charge in [-0.2, -0.15) is 0 Å². The molecule has 3 N–H and O–H groups in total. The zero-order chi connectivity index (χ0) is 21.8. The minimum absolute atomic E-state index is 0.0264. The van der Waals surface area contributed by atoms with Gasteiger partial charge in [-0.25, -0.2) is 4.99 Å². The standard InChI is InChI=1S/C24H40N4O2/c1-5-19(3)28-22(29)21-11-9-10-20(16-21)17-26-23(25-6-2)27-18-24(14-15-30-4)12-7-8-13-24/h9-11,16,19H,5-8,12-15,17-18H2,1-4H3,(H,28,29)(H2,25,26,27). The number of benzene rings is 1. The normalized spacial score (nSPS) is 16.9. The first-order valence-corrected chi connectivity index (χ1v) is 11.4. The van der Waals surface area contributed by atoms with Crippen molar-refractivity contribution in [2.75, 3.05) is 26.8 Å². The van der Waals surface area contributed by atoms with E-state index in [1.165, 1.54) is 25.7 Å². The fraction of sp³-hybridized carbons (Fsp3) is 0.667. The number of nitrogens with one attached hydrogen (secondary N) is 3. The number of carbonyl (C=O) groups is 1. The van der Waals surface area contributed by atoms with E-state index in [1.54, 1.807) is 7.11 Å². The highest BCUT2D eigenvalue weighted by atomic mass is 16.5. The maximum Gasteiger partial charge on any atom is 0.251 e. The number of nitrogens with zero attached hydrogens (tertiary/aromatic N) is 1. The fourth-order valence-corrected chi connectivity index (χ4v) is 3.96. The molecule has 1 unspecified atom stereocenters. The minimum atomic E-state index is -0.0264. The number of aliphatic imine (C=N–C) groups is 1. The number of hydrogen-bond acceptors (Lipinski definition) is 3. The number of amides is 1. The lowest BCUT2D eigenvalue weighted by Crippen LogP contribution is -2.43. The predicted octanol–water partition coefficient (Wildman–Crippen LogP) is 3.87. The van der Waals surface area contributed by atoms with E-state index in [9.17, 15) is 4.79 Å². The van der Waals surface area contributed by atoms with E-state index in [0.29, 0.717) is 17.5 Å². The molecule has 1 aromatic rings. The molecule has 0 radical (unpaired) electrons. The lowest BCUT2D eigenvalue weighted by Gasteiger charge is -2.30. The first-order valence-electron chi connectivity index (χ1n) is 11.4. The molecule has 1 amide bonds. The van der Waals surface area contributed by atoms with E-state index in [0.717, 1.165) is 44.1 Å². The highest BCUT2D eigenvalue weighted by molar-refractivity contribution is 5.94. The van der Waals surface area contributed by atoms with Crippen LogP contribution in [0, 0.1) is 5.41 Å². The molecule has 1 aliphatic carbocycles. The Labute approximate surface area is 182 Å². The van der Waals surface area contributed by atoms with Crippen LogP contribution < -0.4 is 16.0 Å². The smallest absolute Gasteiger partial charge is 0.251 e. The molecule has 1 fully saturated rings. The monoisotopic (exact) mass is 416 g/mol. The molecule has 6 heteroatoms. The quantitative estimate of drug-likeness (QED) is 0.378. The molecule has 1 aromatic carbocycles. The molecular weight excluding hydrogens is 376 g/mol. The maximum atomic E-state index is 12.4. The molecule has 1 aliphatic rings. The van der Waals surface area contributed by atoms with Gasteiger partial charge in [0.1, 0.15) is 0 Å². The molecule has 6 nitrogen and oxygen atoms in total. The molecule has 0 bridgehead atoms. The zero-order valence-electron chi connectivity index (χ0n) is 19.2. The lowest BCUT2D eigenvalue weighted by atomic mass is 9.83. The van der Waals surface area contributed by atoms with Crippen molar-refractivity contribution in [1.82, 2.24) is 16.0 Å². The van der Waals surface area contributed by atoms with Crippen molar-refractivity contribution in [2.45, 2.75) is 71.9 Å². The molecule has 30 heavy (non-hydrogen) atoms. The molecule has 2 rings (SSSR count). The van der Waals surface area contributed by atoms with Crippen LogP contribution in [0.4, 0.5) is 0 Å². The summed E-state index contributed by atoms with van der Waals surface area (Å²) < 4.78 is 5.34. The Kier molecular flexibility index (Phi) is 10.1. The Bertz CT molecular complexity index is 684. The van der Waals surface area contributed by atoms with Gasteiger partial charge in [0.15, 0.2) is 5.96 Å². The Balaban J connectivity index is 2.00. The van der Waals surface area contributed by atoms with Crippen molar-refractivity contribution >= 4 is 11.9 Å². The third-order valence-corrected chi connectivity index (χ3v) is 6.07. The van der Waals surface area contributed by atoms with Gasteiger partial charge in [-0.3, -0.25) is 4.79 Å². The van der Waals surface area contributed by atoms with Gasteiger partial charge < -0.3 is 20.7 Å². The maximum absolute atomic E-state index is 12.4. The Morgan fingerprint density at radius 2 is 2.00 bits per heavy atom. The zero-order valence-corrected chi connectivity index (χ0v) is 19.2. The van der Waals surface area contributed by atoms with Crippen LogP contribution in [0.25, 0.3) is 0 Å². The van der Waals surface area contributed by atoms with Gasteiger partial charge in [-0.15, -0.1) is 0 Å². The Hall–Kier alpha value is -2.08. The number of carbonyl (C=O) groups excluding carboxylic acids is 1. The van der Waals surface area contributed by atoms with Crippen LogP contribution >= 0.6 is 0 Å². The average Bonchev–Trinajstić information content (AvgIpc) is 3.23. The predicted molar refractivity (Wildman–Crippen MR) is 124 cm³/mol. The lowest BCUT2D eigenvalue weighted by molar-refractivity contribution is 0.0939. The number of ether oxygens (including phenoxy) is 1. The van der Waals surface area contributed by atoms with E-state index in [4.69, 9.17) is 9.73 Å². The van der Waals surface area contributed by atoms with Gasteiger partial charge in [0.2, 0.25) is 0 Å². The molecular formula is C24H40N4O2. The topological polar surface area (TPSA) is 74.8 Å². The van der Waals surface area contributed by atoms with Gasteiger partial charge in [-0.05, 0) is 62.6 Å². The summed E-state index contributed by atoms with van der Waals surface area (Å²) in [7, 11) is 1.78. The highest BCUT2D eigenvalue weighted by Crippen LogP contribution is 2.40. The van der Waals surface area contributed by atoms with Gasteiger partial charge in [0, 0.05) is 38.4 Å². The van der Waals surface area contributed by atoms with E-state index in [1.807, 2.05) is 31.2 Å². The highest BCUT2D eigenvalue weighted by Gasteiger charge is 2.33. The fourth-order valence-electron chi connectivity index (χ4n) is 3.96. The second-order valence-electron chi connectivity index (χ2n) is 8.48. The Morgan fingerprint density at radius 3 is 2.67 bits per heavy atom. The summed E-state index contributed by atoms with van der Waals surface area (Å²) in [6.07, 6.45) is 7.09. The van der Waals surface area contributed by atoms with E-state index in [2.05, 4.69) is 29.8 Å². The third kappa shape index (κ3) is 7.63. The van der Waals surface area contributed by atoms with Crippen LogP contribution in [-0.2, 0) is 11.3 Å². The largest absolute Gasteiger partial charge is 0.385 e. The first-order chi connectivity index (χ1) is 14.5. The van der Waals surface area contributed by atoms with Crippen molar-refractivity contribution in [3.8, 4) is 0 Å². The van der Waals surface area contributed by atoms with Crippen molar-refractivity contribution < 1.29 is 9.53 Å². The van der Waals surface area contributed by atoms with Crippen molar-refractivity contribution in [2.24, 2.45) is 10.4 Å². The van der Waals surface area contributed by atoms with Crippen molar-refractivity contribution in [3.05, 3.63) is 35.4 Å². The summed E-state index contributed by atoms with van der Waals surface area (Å²) >= 11 is 0. The SMILES string of the molecule is CCNC(=NCc1cccc(C(=O)NC(C)CC)c1)NCC1(CCOC)CCCC1. The molecule has 0 aliphatic heterocycles. The van der Waals surface area contributed by atoms with Crippen LogP contribution in [0.3, 0.4) is 0 Å². The third-order valence-electron chi connectivity index (χ3n) is 6.07. The second-order valence-corrected chi connectivity index (χ2v) is 8.48. The van der Waals surface area contributed by atoms with Gasteiger partial charge in [-0.1, -0.05) is 31.9 Å². The van der Waals surface area contributed by atoms with E-state index >= 15 is 0 Å². The van der Waals surface area contributed by atoms with Gasteiger partial charge in [0.05, 0.1) is 6.54 Å². The van der Waals surface area contributed by atoms with Crippen LogP contribution in [-0.4, -0.2) is 44.7 Å². The number of methoxy groups -OCH3 is 1. The minimum Gasteiger partial charge on any atom is -0.385 e. The molecule has 0 heterocycles. The summed E-state index contributed by atoms with van der Waals surface area (Å²) in [6, 6.07) is 7.90. The molecule has 1 atom stereocenters. The summed E-state index contributed by atoms with van der Waals surface area (Å²) in [6.45, 7) is 9.23. The average molecular weight is 417 g/mol. The molecule has 0 aromatic heterocycles.